The highest BCUT2D eigenvalue weighted by molar-refractivity contribution is 5.95. The number of rotatable bonds is 3. The zero-order valence-corrected chi connectivity index (χ0v) is 11.5. The zero-order valence-electron chi connectivity index (χ0n) is 11.5. The fraction of sp³-hybridized carbons (Fsp3) is 0. The van der Waals surface area contributed by atoms with Gasteiger partial charge in [0.25, 0.3) is 5.91 Å². The van der Waals surface area contributed by atoms with E-state index < -0.39 is 0 Å². The first-order valence-electron chi connectivity index (χ1n) is 6.57. The summed E-state index contributed by atoms with van der Waals surface area (Å²) in [7, 11) is 0. The van der Waals surface area contributed by atoms with Gasteiger partial charge >= 0.3 is 0 Å². The smallest absolute Gasteiger partial charge is 0.278 e. The van der Waals surface area contributed by atoms with Crippen LogP contribution in [0, 0.1) is 11.3 Å². The third-order valence-electron chi connectivity index (χ3n) is 3.05. The lowest BCUT2D eigenvalue weighted by Crippen LogP contribution is -2.12. The first-order valence-corrected chi connectivity index (χ1v) is 6.57. The van der Waals surface area contributed by atoms with Crippen LogP contribution in [-0.2, 0) is 0 Å². The lowest BCUT2D eigenvalue weighted by Gasteiger charge is -2.00. The molecule has 0 radical (unpaired) electrons. The Bertz CT molecular complexity index is 867. The second kappa shape index (κ2) is 5.94. The van der Waals surface area contributed by atoms with Crippen LogP contribution in [0.2, 0.25) is 0 Å². The van der Waals surface area contributed by atoms with E-state index in [1.54, 1.807) is 55.1 Å². The highest BCUT2D eigenvalue weighted by Crippen LogP contribution is 2.09. The number of hydrogen-bond donors (Lipinski definition) is 0. The van der Waals surface area contributed by atoms with Gasteiger partial charge in [-0.25, -0.2) is 4.68 Å². The van der Waals surface area contributed by atoms with Crippen LogP contribution >= 0.6 is 0 Å². The predicted octanol–water partition coefficient (Wildman–Crippen LogP) is 3.21. The molecular weight excluding hydrogens is 278 g/mol. The van der Waals surface area contributed by atoms with Crippen LogP contribution in [0.4, 0.5) is 0 Å². The molecule has 0 saturated carbocycles. The summed E-state index contributed by atoms with van der Waals surface area (Å²) in [6.07, 6.45) is 8.43. The molecule has 0 fully saturated rings. The molecule has 0 aliphatic heterocycles. The van der Waals surface area contributed by atoms with Crippen molar-refractivity contribution >= 4 is 18.1 Å². The van der Waals surface area contributed by atoms with Gasteiger partial charge in [-0.15, -0.1) is 0 Å². The predicted molar refractivity (Wildman–Crippen MR) is 80.7 cm³/mol. The van der Waals surface area contributed by atoms with Crippen molar-refractivity contribution in [2.45, 2.75) is 0 Å². The SMILES string of the molecule is N#Cc1cccc(C(=O)n2ccc(C=Cc3ccoc3)n2)c1. The molecular formula is C17H11N3O2. The topological polar surface area (TPSA) is 71.8 Å². The van der Waals surface area contributed by atoms with E-state index in [0.717, 1.165) is 5.56 Å². The molecule has 3 aromatic rings. The van der Waals surface area contributed by atoms with Gasteiger partial charge in [-0.3, -0.25) is 4.79 Å². The van der Waals surface area contributed by atoms with Crippen LogP contribution in [0.15, 0.2) is 59.5 Å². The summed E-state index contributed by atoms with van der Waals surface area (Å²) >= 11 is 0. The van der Waals surface area contributed by atoms with Crippen molar-refractivity contribution in [3.8, 4) is 6.07 Å². The number of nitriles is 1. The summed E-state index contributed by atoms with van der Waals surface area (Å²) in [5.41, 5.74) is 2.44. The Morgan fingerprint density at radius 1 is 1.27 bits per heavy atom. The van der Waals surface area contributed by atoms with Crippen LogP contribution in [0.3, 0.4) is 0 Å². The molecule has 22 heavy (non-hydrogen) atoms. The van der Waals surface area contributed by atoms with Gasteiger partial charge in [0.15, 0.2) is 0 Å². The lowest BCUT2D eigenvalue weighted by molar-refractivity contribution is 0.0945. The van der Waals surface area contributed by atoms with E-state index in [2.05, 4.69) is 5.10 Å². The molecule has 106 valence electrons. The fourth-order valence-corrected chi connectivity index (χ4v) is 1.95. The van der Waals surface area contributed by atoms with Crippen LogP contribution in [0.25, 0.3) is 12.2 Å². The van der Waals surface area contributed by atoms with Crippen molar-refractivity contribution in [3.63, 3.8) is 0 Å². The number of aromatic nitrogens is 2. The number of carbonyl (C=O) groups is 1. The molecule has 5 heteroatoms. The van der Waals surface area contributed by atoms with Crippen molar-refractivity contribution in [2.75, 3.05) is 0 Å². The largest absolute Gasteiger partial charge is 0.472 e. The van der Waals surface area contributed by atoms with E-state index in [1.807, 2.05) is 18.2 Å². The molecule has 3 rings (SSSR count). The molecule has 0 spiro atoms. The summed E-state index contributed by atoms with van der Waals surface area (Å²) in [6.45, 7) is 0. The molecule has 0 saturated heterocycles. The Balaban J connectivity index is 1.81. The van der Waals surface area contributed by atoms with Gasteiger partial charge in [-0.05, 0) is 42.5 Å². The molecule has 0 aliphatic rings. The minimum absolute atomic E-state index is 0.278. The van der Waals surface area contributed by atoms with Crippen molar-refractivity contribution in [1.29, 1.82) is 5.26 Å². The summed E-state index contributed by atoms with van der Waals surface area (Å²) in [6, 6.07) is 12.1. The van der Waals surface area contributed by atoms with E-state index in [1.165, 1.54) is 4.68 Å². The molecule has 2 heterocycles. The van der Waals surface area contributed by atoms with E-state index in [0.29, 0.717) is 16.8 Å². The monoisotopic (exact) mass is 289 g/mol. The maximum Gasteiger partial charge on any atom is 0.278 e. The van der Waals surface area contributed by atoms with Crippen LogP contribution in [-0.4, -0.2) is 15.7 Å². The van der Waals surface area contributed by atoms with Crippen molar-refractivity contribution in [3.05, 3.63) is 77.5 Å². The minimum Gasteiger partial charge on any atom is -0.472 e. The molecule has 0 aliphatic carbocycles. The summed E-state index contributed by atoms with van der Waals surface area (Å²) < 4.78 is 6.22. The molecule has 0 amide bonds. The van der Waals surface area contributed by atoms with Gasteiger partial charge in [-0.2, -0.15) is 10.4 Å². The quantitative estimate of drug-likeness (QED) is 0.742. The van der Waals surface area contributed by atoms with Crippen molar-refractivity contribution in [2.24, 2.45) is 0 Å². The summed E-state index contributed by atoms with van der Waals surface area (Å²) in [4.78, 5) is 12.3. The number of benzene rings is 1. The van der Waals surface area contributed by atoms with Gasteiger partial charge in [0, 0.05) is 17.3 Å². The molecule has 0 bridgehead atoms. The van der Waals surface area contributed by atoms with Crippen LogP contribution in [0.5, 0.6) is 0 Å². The van der Waals surface area contributed by atoms with Gasteiger partial charge in [0.1, 0.15) is 0 Å². The summed E-state index contributed by atoms with van der Waals surface area (Å²) in [5.74, 6) is -0.278. The molecule has 0 unspecified atom stereocenters. The molecule has 2 aromatic heterocycles. The minimum atomic E-state index is -0.278. The number of hydrogen-bond acceptors (Lipinski definition) is 4. The van der Waals surface area contributed by atoms with Gasteiger partial charge in [0.2, 0.25) is 0 Å². The van der Waals surface area contributed by atoms with E-state index in [4.69, 9.17) is 9.68 Å². The van der Waals surface area contributed by atoms with Crippen LogP contribution in [0.1, 0.15) is 27.2 Å². The number of carbonyl (C=O) groups excluding carboxylic acids is 1. The highest BCUT2D eigenvalue weighted by atomic mass is 16.3. The first-order chi connectivity index (χ1) is 10.8. The maximum absolute atomic E-state index is 12.3. The van der Waals surface area contributed by atoms with Crippen LogP contribution < -0.4 is 0 Å². The normalized spacial score (nSPS) is 10.7. The first kappa shape index (κ1) is 13.6. The molecule has 1 aromatic carbocycles. The fourth-order valence-electron chi connectivity index (χ4n) is 1.95. The Hall–Kier alpha value is -3.39. The van der Waals surface area contributed by atoms with Crippen molar-refractivity contribution in [1.82, 2.24) is 9.78 Å². The second-order valence-electron chi connectivity index (χ2n) is 4.57. The highest BCUT2D eigenvalue weighted by Gasteiger charge is 2.10. The average molecular weight is 289 g/mol. The summed E-state index contributed by atoms with van der Waals surface area (Å²) in [5, 5.41) is 13.1. The van der Waals surface area contributed by atoms with E-state index in [9.17, 15) is 4.79 Å². The van der Waals surface area contributed by atoms with Gasteiger partial charge in [-0.1, -0.05) is 6.07 Å². The zero-order chi connectivity index (χ0) is 15.4. The third-order valence-corrected chi connectivity index (χ3v) is 3.05. The second-order valence-corrected chi connectivity index (χ2v) is 4.57. The number of nitrogens with zero attached hydrogens (tertiary/aromatic N) is 3. The molecule has 0 N–H and O–H groups in total. The van der Waals surface area contributed by atoms with Crippen molar-refractivity contribution < 1.29 is 9.21 Å². The maximum atomic E-state index is 12.3. The Kier molecular flexibility index (Phi) is 3.67. The Labute approximate surface area is 126 Å². The van der Waals surface area contributed by atoms with Gasteiger partial charge in [0.05, 0.1) is 29.9 Å². The third kappa shape index (κ3) is 2.86. The van der Waals surface area contributed by atoms with Gasteiger partial charge < -0.3 is 4.42 Å². The molecule has 0 atom stereocenters. The lowest BCUT2D eigenvalue weighted by atomic mass is 10.1. The average Bonchev–Trinajstić information content (AvgIpc) is 3.23. The Morgan fingerprint density at radius 2 is 2.18 bits per heavy atom. The standard InChI is InChI=1S/C17H11N3O2/c18-11-14-2-1-3-15(10-14)17(21)20-8-6-16(19-20)5-4-13-7-9-22-12-13/h1-10,12H. The van der Waals surface area contributed by atoms with E-state index in [-0.39, 0.29) is 5.91 Å². The van der Waals surface area contributed by atoms with E-state index >= 15 is 0 Å². The Morgan fingerprint density at radius 3 is 2.95 bits per heavy atom. The molecule has 5 nitrogen and oxygen atoms in total. The number of furan rings is 1.